The number of para-hydroxylation sites is 1. The van der Waals surface area contributed by atoms with Gasteiger partial charge in [0.15, 0.2) is 0 Å². The van der Waals surface area contributed by atoms with Gasteiger partial charge in [-0.3, -0.25) is 4.72 Å². The number of sulfonamides is 1. The van der Waals surface area contributed by atoms with Crippen LogP contribution >= 0.6 is 23.6 Å². The molecule has 0 saturated heterocycles. The van der Waals surface area contributed by atoms with E-state index in [1.165, 1.54) is 12.1 Å². The summed E-state index contributed by atoms with van der Waals surface area (Å²) in [6.45, 7) is 0. The average molecular weight is 334 g/mol. The van der Waals surface area contributed by atoms with Crippen LogP contribution in [0.15, 0.2) is 34.5 Å². The van der Waals surface area contributed by atoms with Gasteiger partial charge < -0.3 is 5.73 Å². The van der Waals surface area contributed by atoms with Crippen LogP contribution < -0.4 is 10.5 Å². The van der Waals surface area contributed by atoms with Crippen LogP contribution in [0.1, 0.15) is 4.88 Å². The molecular weight excluding hydrogens is 326 g/mol. The monoisotopic (exact) mass is 334 g/mol. The van der Waals surface area contributed by atoms with E-state index in [1.54, 1.807) is 0 Å². The maximum atomic E-state index is 13.4. The van der Waals surface area contributed by atoms with Crippen LogP contribution in [0, 0.1) is 11.6 Å². The summed E-state index contributed by atoms with van der Waals surface area (Å²) >= 11 is 5.54. The largest absolute Gasteiger partial charge is 0.389 e. The first-order valence-electron chi connectivity index (χ1n) is 5.18. The Labute approximate surface area is 123 Å². The second-order valence-electron chi connectivity index (χ2n) is 3.69. The van der Waals surface area contributed by atoms with Gasteiger partial charge >= 0.3 is 0 Å². The van der Waals surface area contributed by atoms with Gasteiger partial charge in [0.25, 0.3) is 10.0 Å². The van der Waals surface area contributed by atoms with E-state index in [2.05, 4.69) is 0 Å². The lowest BCUT2D eigenvalue weighted by Gasteiger charge is -2.08. The minimum Gasteiger partial charge on any atom is -0.389 e. The minimum atomic E-state index is -4.10. The van der Waals surface area contributed by atoms with Crippen molar-refractivity contribution in [2.45, 2.75) is 4.21 Å². The molecule has 0 aliphatic rings. The van der Waals surface area contributed by atoms with Crippen LogP contribution in [0.2, 0.25) is 0 Å². The Morgan fingerprint density at radius 2 is 1.80 bits per heavy atom. The van der Waals surface area contributed by atoms with Crippen LogP contribution in [0.4, 0.5) is 14.5 Å². The summed E-state index contributed by atoms with van der Waals surface area (Å²) in [5.41, 5.74) is 4.65. The highest BCUT2D eigenvalue weighted by molar-refractivity contribution is 7.94. The Hall–Kier alpha value is -1.58. The van der Waals surface area contributed by atoms with Gasteiger partial charge in [0.2, 0.25) is 0 Å². The zero-order valence-corrected chi connectivity index (χ0v) is 12.2. The zero-order chi connectivity index (χ0) is 14.9. The number of benzene rings is 1. The SMILES string of the molecule is NC(=S)c1ccc(S(=O)(=O)Nc2c(F)cccc2F)s1. The van der Waals surface area contributed by atoms with E-state index in [1.807, 2.05) is 4.72 Å². The van der Waals surface area contributed by atoms with Gasteiger partial charge in [-0.1, -0.05) is 18.3 Å². The first-order chi connectivity index (χ1) is 9.31. The van der Waals surface area contributed by atoms with E-state index in [0.29, 0.717) is 4.88 Å². The van der Waals surface area contributed by atoms with Gasteiger partial charge in [-0.2, -0.15) is 0 Å². The number of anilines is 1. The van der Waals surface area contributed by atoms with Gasteiger partial charge in [-0.15, -0.1) is 11.3 Å². The van der Waals surface area contributed by atoms with Crippen molar-refractivity contribution in [1.82, 2.24) is 0 Å². The molecule has 1 aromatic heterocycles. The lowest BCUT2D eigenvalue weighted by atomic mass is 10.3. The van der Waals surface area contributed by atoms with Crippen molar-refractivity contribution in [2.75, 3.05) is 4.72 Å². The molecule has 0 unspecified atom stereocenters. The molecule has 1 heterocycles. The number of hydrogen-bond acceptors (Lipinski definition) is 4. The summed E-state index contributed by atoms with van der Waals surface area (Å²) in [5, 5.41) is 0. The first kappa shape index (κ1) is 14.8. The van der Waals surface area contributed by atoms with Gasteiger partial charge in [0.1, 0.15) is 26.5 Å². The normalized spacial score (nSPS) is 11.3. The Kier molecular flexibility index (Phi) is 4.02. The molecule has 1 aromatic carbocycles. The molecule has 0 atom stereocenters. The third-order valence-corrected chi connectivity index (χ3v) is 5.60. The number of thiocarbonyl (C=S) groups is 1. The zero-order valence-electron chi connectivity index (χ0n) is 9.76. The topological polar surface area (TPSA) is 72.2 Å². The molecule has 2 aromatic rings. The van der Waals surface area contributed by atoms with Gasteiger partial charge in [0, 0.05) is 0 Å². The molecule has 0 aliphatic heterocycles. The molecule has 2 rings (SSSR count). The van der Waals surface area contributed by atoms with E-state index in [9.17, 15) is 17.2 Å². The quantitative estimate of drug-likeness (QED) is 0.843. The molecule has 0 bridgehead atoms. The molecular formula is C11H8F2N2O2S3. The fourth-order valence-electron chi connectivity index (χ4n) is 1.38. The number of rotatable bonds is 4. The maximum Gasteiger partial charge on any atom is 0.271 e. The van der Waals surface area contributed by atoms with Crippen molar-refractivity contribution in [3.05, 3.63) is 46.8 Å². The van der Waals surface area contributed by atoms with E-state index in [-0.39, 0.29) is 9.20 Å². The van der Waals surface area contributed by atoms with Crippen molar-refractivity contribution in [2.24, 2.45) is 5.73 Å². The average Bonchev–Trinajstić information content (AvgIpc) is 2.84. The molecule has 106 valence electrons. The summed E-state index contributed by atoms with van der Waals surface area (Å²) in [5.74, 6) is -2.00. The molecule has 20 heavy (non-hydrogen) atoms. The van der Waals surface area contributed by atoms with Crippen molar-refractivity contribution in [3.63, 3.8) is 0 Å². The van der Waals surface area contributed by atoms with E-state index >= 15 is 0 Å². The highest BCUT2D eigenvalue weighted by atomic mass is 32.2. The van der Waals surface area contributed by atoms with Gasteiger partial charge in [0.05, 0.1) is 4.88 Å². The van der Waals surface area contributed by atoms with E-state index < -0.39 is 27.3 Å². The lowest BCUT2D eigenvalue weighted by Crippen LogP contribution is -2.14. The molecule has 9 heteroatoms. The molecule has 0 amide bonds. The third kappa shape index (κ3) is 2.94. The number of thiophene rings is 1. The number of hydrogen-bond donors (Lipinski definition) is 2. The molecule has 3 N–H and O–H groups in total. The smallest absolute Gasteiger partial charge is 0.271 e. The van der Waals surface area contributed by atoms with Crippen molar-refractivity contribution in [3.8, 4) is 0 Å². The molecule has 0 saturated carbocycles. The number of halogens is 2. The van der Waals surface area contributed by atoms with E-state index in [4.69, 9.17) is 18.0 Å². The Bertz CT molecular complexity index is 751. The number of nitrogens with two attached hydrogens (primary N) is 1. The summed E-state index contributed by atoms with van der Waals surface area (Å²) in [4.78, 5) is 0.447. The second-order valence-corrected chi connectivity index (χ2v) is 7.12. The summed E-state index contributed by atoms with van der Waals surface area (Å²) < 4.78 is 52.6. The molecule has 0 fully saturated rings. The second kappa shape index (κ2) is 5.43. The van der Waals surface area contributed by atoms with Gasteiger partial charge in [-0.05, 0) is 24.3 Å². The standard InChI is InChI=1S/C11H8F2N2O2S3/c12-6-2-1-3-7(13)10(6)15-20(16,17)9-5-4-8(19-9)11(14)18/h1-5,15H,(H2,14,18). The van der Waals surface area contributed by atoms with Gasteiger partial charge in [-0.25, -0.2) is 17.2 Å². The molecule has 0 radical (unpaired) electrons. The first-order valence-corrected chi connectivity index (χ1v) is 7.88. The van der Waals surface area contributed by atoms with Crippen LogP contribution in [0.5, 0.6) is 0 Å². The van der Waals surface area contributed by atoms with Crippen LogP contribution in [0.3, 0.4) is 0 Å². The summed E-state index contributed by atoms with van der Waals surface area (Å²) in [6.07, 6.45) is 0. The molecule has 0 spiro atoms. The van der Waals surface area contributed by atoms with Crippen molar-refractivity contribution in [1.29, 1.82) is 0 Å². The van der Waals surface area contributed by atoms with Crippen molar-refractivity contribution < 1.29 is 17.2 Å². The Morgan fingerprint density at radius 1 is 1.20 bits per heavy atom. The third-order valence-electron chi connectivity index (χ3n) is 2.29. The van der Waals surface area contributed by atoms with E-state index in [0.717, 1.165) is 29.5 Å². The predicted octanol–water partition coefficient (Wildman–Crippen LogP) is 2.46. The Morgan fingerprint density at radius 3 is 2.30 bits per heavy atom. The number of nitrogens with one attached hydrogen (secondary N) is 1. The van der Waals surface area contributed by atoms with Crippen LogP contribution in [-0.4, -0.2) is 13.4 Å². The fourth-order valence-corrected chi connectivity index (χ4v) is 3.80. The molecule has 4 nitrogen and oxygen atoms in total. The highest BCUT2D eigenvalue weighted by Crippen LogP contribution is 2.26. The minimum absolute atomic E-state index is 0.0496. The molecule has 0 aliphatic carbocycles. The van der Waals surface area contributed by atoms with Crippen LogP contribution in [-0.2, 0) is 10.0 Å². The van der Waals surface area contributed by atoms with Crippen LogP contribution in [0.25, 0.3) is 0 Å². The Balaban J connectivity index is 2.38. The van der Waals surface area contributed by atoms with Crippen molar-refractivity contribution >= 4 is 44.3 Å². The fraction of sp³-hybridized carbons (Fsp3) is 0. The summed E-state index contributed by atoms with van der Waals surface area (Å²) in [7, 11) is -4.10. The predicted molar refractivity (Wildman–Crippen MR) is 77.4 cm³/mol. The highest BCUT2D eigenvalue weighted by Gasteiger charge is 2.21. The lowest BCUT2D eigenvalue weighted by molar-refractivity contribution is 0.583. The maximum absolute atomic E-state index is 13.4. The summed E-state index contributed by atoms with van der Waals surface area (Å²) in [6, 6.07) is 5.74.